The van der Waals surface area contributed by atoms with E-state index in [9.17, 15) is 9.59 Å². The van der Waals surface area contributed by atoms with Gasteiger partial charge in [-0.25, -0.2) is 4.98 Å². The quantitative estimate of drug-likeness (QED) is 0.593. The number of pyridine rings is 1. The molecule has 1 atom stereocenters. The van der Waals surface area contributed by atoms with Crippen LogP contribution in [0.5, 0.6) is 11.5 Å². The molecule has 0 saturated carbocycles. The third kappa shape index (κ3) is 4.66. The second kappa shape index (κ2) is 9.54. The summed E-state index contributed by atoms with van der Waals surface area (Å²) < 4.78 is 11.5. The summed E-state index contributed by atoms with van der Waals surface area (Å²) in [6.07, 6.45) is 1.03. The first kappa shape index (κ1) is 21.3. The molecule has 1 fully saturated rings. The molecule has 7 nitrogen and oxygen atoms in total. The van der Waals surface area contributed by atoms with E-state index < -0.39 is 6.10 Å². The molecule has 3 aromatic rings. The lowest BCUT2D eigenvalue weighted by molar-refractivity contribution is -0.142. The zero-order valence-electron chi connectivity index (χ0n) is 17.9. The minimum atomic E-state index is -0.672. The van der Waals surface area contributed by atoms with Crippen LogP contribution < -0.4 is 9.47 Å². The smallest absolute Gasteiger partial charge is 0.267 e. The molecule has 1 saturated heterocycles. The van der Waals surface area contributed by atoms with Crippen molar-refractivity contribution in [1.29, 1.82) is 0 Å². The number of amides is 2. The van der Waals surface area contributed by atoms with Crippen molar-refractivity contribution in [3.05, 3.63) is 78.5 Å². The number of para-hydroxylation sites is 2. The van der Waals surface area contributed by atoms with E-state index >= 15 is 0 Å². The van der Waals surface area contributed by atoms with Gasteiger partial charge < -0.3 is 19.3 Å². The molecule has 2 aromatic carbocycles. The van der Waals surface area contributed by atoms with E-state index in [1.54, 1.807) is 28.1 Å². The predicted octanol–water partition coefficient (Wildman–Crippen LogP) is 3.36. The molecule has 8 heteroatoms. The molecule has 3 heterocycles. The highest BCUT2D eigenvalue weighted by Gasteiger charge is 2.34. The molecule has 5 rings (SSSR count). The summed E-state index contributed by atoms with van der Waals surface area (Å²) in [5, 5.41) is 0.679. The SMILES string of the molecule is O=C(c1cccnc1Sc1ccccc1)N1CCN(C(=O)C2COc3ccccc3O2)CC1. The monoisotopic (exact) mass is 461 g/mol. The number of rotatable bonds is 4. The molecule has 0 aliphatic carbocycles. The van der Waals surface area contributed by atoms with Crippen molar-refractivity contribution in [3.63, 3.8) is 0 Å². The van der Waals surface area contributed by atoms with Crippen LogP contribution in [0.3, 0.4) is 0 Å². The van der Waals surface area contributed by atoms with E-state index in [0.29, 0.717) is 48.3 Å². The number of benzene rings is 2. The van der Waals surface area contributed by atoms with Crippen LogP contribution in [-0.4, -0.2) is 65.5 Å². The van der Waals surface area contributed by atoms with Crippen molar-refractivity contribution >= 4 is 23.6 Å². The number of hydrogen-bond donors (Lipinski definition) is 0. The van der Waals surface area contributed by atoms with Gasteiger partial charge >= 0.3 is 0 Å². The van der Waals surface area contributed by atoms with Crippen molar-refractivity contribution < 1.29 is 19.1 Å². The van der Waals surface area contributed by atoms with Crippen LogP contribution >= 0.6 is 11.8 Å². The molecule has 2 aliphatic heterocycles. The third-order valence-electron chi connectivity index (χ3n) is 5.62. The second-order valence-corrected chi connectivity index (χ2v) is 8.82. The van der Waals surface area contributed by atoms with Crippen LogP contribution in [0.25, 0.3) is 0 Å². The van der Waals surface area contributed by atoms with Crippen LogP contribution in [0.4, 0.5) is 0 Å². The van der Waals surface area contributed by atoms with Gasteiger partial charge in [0.25, 0.3) is 11.8 Å². The molecule has 0 radical (unpaired) electrons. The van der Waals surface area contributed by atoms with Crippen molar-refractivity contribution in [3.8, 4) is 11.5 Å². The molecule has 1 unspecified atom stereocenters. The van der Waals surface area contributed by atoms with Crippen LogP contribution in [0.2, 0.25) is 0 Å². The van der Waals surface area contributed by atoms with Crippen molar-refractivity contribution in [1.82, 2.24) is 14.8 Å². The number of fused-ring (bicyclic) bond motifs is 1. The molecule has 168 valence electrons. The molecule has 0 spiro atoms. The Morgan fingerprint density at radius 3 is 2.33 bits per heavy atom. The summed E-state index contributed by atoms with van der Waals surface area (Å²) in [7, 11) is 0. The van der Waals surface area contributed by atoms with E-state index in [1.807, 2.05) is 54.6 Å². The summed E-state index contributed by atoms with van der Waals surface area (Å²) in [6, 6.07) is 20.8. The van der Waals surface area contributed by atoms with Crippen molar-refractivity contribution in [2.75, 3.05) is 32.8 Å². The average Bonchev–Trinajstić information content (AvgIpc) is 2.88. The summed E-state index contributed by atoms with van der Waals surface area (Å²) in [4.78, 5) is 35.2. The minimum Gasteiger partial charge on any atom is -0.485 e. The van der Waals surface area contributed by atoms with E-state index in [-0.39, 0.29) is 18.4 Å². The Morgan fingerprint density at radius 2 is 1.55 bits per heavy atom. The first-order valence-corrected chi connectivity index (χ1v) is 11.6. The van der Waals surface area contributed by atoms with Crippen LogP contribution in [-0.2, 0) is 4.79 Å². The predicted molar refractivity (Wildman–Crippen MR) is 124 cm³/mol. The Hall–Kier alpha value is -3.52. The van der Waals surface area contributed by atoms with Gasteiger partial charge in [0.1, 0.15) is 11.6 Å². The van der Waals surface area contributed by atoms with Crippen LogP contribution in [0, 0.1) is 0 Å². The molecule has 33 heavy (non-hydrogen) atoms. The van der Waals surface area contributed by atoms with Gasteiger partial charge in [-0.15, -0.1) is 0 Å². The molecule has 2 aliphatic rings. The number of hydrogen-bond acceptors (Lipinski definition) is 6. The lowest BCUT2D eigenvalue weighted by Crippen LogP contribution is -2.55. The average molecular weight is 462 g/mol. The maximum Gasteiger partial charge on any atom is 0.267 e. The Labute approximate surface area is 196 Å². The molecule has 2 amide bonds. The van der Waals surface area contributed by atoms with Crippen LogP contribution in [0.15, 0.2) is 82.8 Å². The van der Waals surface area contributed by atoms with Gasteiger partial charge in [0.2, 0.25) is 6.10 Å². The number of carbonyl (C=O) groups is 2. The Balaban J connectivity index is 1.21. The normalized spacial score (nSPS) is 17.5. The second-order valence-electron chi connectivity index (χ2n) is 7.75. The molecule has 1 aromatic heterocycles. The third-order valence-corrected chi connectivity index (χ3v) is 6.65. The summed E-state index contributed by atoms with van der Waals surface area (Å²) in [5.41, 5.74) is 0.576. The Kier molecular flexibility index (Phi) is 6.17. The van der Waals surface area contributed by atoms with E-state index in [2.05, 4.69) is 4.98 Å². The van der Waals surface area contributed by atoms with Crippen molar-refractivity contribution in [2.24, 2.45) is 0 Å². The number of aromatic nitrogens is 1. The minimum absolute atomic E-state index is 0.0696. The van der Waals surface area contributed by atoms with Gasteiger partial charge in [-0.3, -0.25) is 9.59 Å². The zero-order chi connectivity index (χ0) is 22.6. The first-order chi connectivity index (χ1) is 16.2. The fourth-order valence-corrected chi connectivity index (χ4v) is 4.78. The first-order valence-electron chi connectivity index (χ1n) is 10.8. The fourth-order valence-electron chi connectivity index (χ4n) is 3.88. The maximum absolute atomic E-state index is 13.3. The number of nitrogens with zero attached hydrogens (tertiary/aromatic N) is 3. The molecular weight excluding hydrogens is 438 g/mol. The molecule has 0 N–H and O–H groups in total. The van der Waals surface area contributed by atoms with E-state index in [0.717, 1.165) is 4.90 Å². The van der Waals surface area contributed by atoms with Crippen LogP contribution in [0.1, 0.15) is 10.4 Å². The van der Waals surface area contributed by atoms with Gasteiger partial charge in [-0.05, 0) is 36.4 Å². The van der Waals surface area contributed by atoms with E-state index in [1.165, 1.54) is 11.8 Å². The highest BCUT2D eigenvalue weighted by molar-refractivity contribution is 7.99. The Bertz CT molecular complexity index is 1150. The summed E-state index contributed by atoms with van der Waals surface area (Å²) in [6.45, 7) is 2.00. The topological polar surface area (TPSA) is 72.0 Å². The standard InChI is InChI=1S/C25H23N3O4S/c29-24(19-9-6-12-26-23(19)33-18-7-2-1-3-8-18)27-13-15-28(16-14-27)25(30)22-17-31-20-10-4-5-11-21(20)32-22/h1-12,22H,13-17H2. The Morgan fingerprint density at radius 1 is 0.848 bits per heavy atom. The van der Waals surface area contributed by atoms with Gasteiger partial charge in [-0.2, -0.15) is 0 Å². The maximum atomic E-state index is 13.3. The van der Waals surface area contributed by atoms with Crippen molar-refractivity contribution in [2.45, 2.75) is 16.0 Å². The lowest BCUT2D eigenvalue weighted by atomic mass is 10.2. The summed E-state index contributed by atoms with van der Waals surface area (Å²) >= 11 is 1.47. The van der Waals surface area contributed by atoms with Gasteiger partial charge in [0.05, 0.1) is 5.56 Å². The summed E-state index contributed by atoms with van der Waals surface area (Å²) in [5.74, 6) is 1.05. The molecule has 0 bridgehead atoms. The van der Waals surface area contributed by atoms with E-state index in [4.69, 9.17) is 9.47 Å². The fraction of sp³-hybridized carbons (Fsp3) is 0.240. The molecular formula is C25H23N3O4S. The van der Waals surface area contributed by atoms with Gasteiger partial charge in [-0.1, -0.05) is 42.1 Å². The highest BCUT2D eigenvalue weighted by Crippen LogP contribution is 2.32. The van der Waals surface area contributed by atoms with Gasteiger partial charge in [0.15, 0.2) is 11.5 Å². The number of ether oxygens (including phenoxy) is 2. The number of carbonyl (C=O) groups excluding carboxylic acids is 2. The number of piperazine rings is 1. The highest BCUT2D eigenvalue weighted by atomic mass is 32.2. The zero-order valence-corrected chi connectivity index (χ0v) is 18.7. The lowest BCUT2D eigenvalue weighted by Gasteiger charge is -2.37. The largest absolute Gasteiger partial charge is 0.485 e. The van der Waals surface area contributed by atoms with Gasteiger partial charge in [0, 0.05) is 37.3 Å².